The quantitative estimate of drug-likeness (QED) is 0.452. The van der Waals surface area contributed by atoms with Gasteiger partial charge in [0.05, 0.1) is 31.1 Å². The molecule has 5 N–H and O–H groups in total. The number of aliphatic hydroxyl groups is 1. The normalized spacial score (nSPS) is 11.3. The van der Waals surface area contributed by atoms with E-state index >= 15 is 0 Å². The fraction of sp³-hybridized carbons (Fsp3) is 0.286. The van der Waals surface area contributed by atoms with E-state index in [0.717, 1.165) is 5.69 Å². The lowest BCUT2D eigenvalue weighted by Gasteiger charge is -2.03. The molecule has 122 valence electrons. The maximum Gasteiger partial charge on any atom is 0.217 e. The van der Waals surface area contributed by atoms with Crippen LogP contribution >= 0.6 is 11.3 Å². The summed E-state index contributed by atoms with van der Waals surface area (Å²) >= 11 is 1.37. The van der Waals surface area contributed by atoms with Crippen LogP contribution in [0.5, 0.6) is 0 Å². The minimum atomic E-state index is -0.102. The number of pyridine rings is 1. The van der Waals surface area contributed by atoms with E-state index < -0.39 is 0 Å². The molecule has 0 saturated heterocycles. The van der Waals surface area contributed by atoms with Gasteiger partial charge in [-0.25, -0.2) is 9.97 Å². The molecule has 1 amide bonds. The summed E-state index contributed by atoms with van der Waals surface area (Å²) in [5.41, 5.74) is 7.84. The van der Waals surface area contributed by atoms with E-state index in [0.29, 0.717) is 23.1 Å². The third-order valence-electron chi connectivity index (χ3n) is 2.71. The van der Waals surface area contributed by atoms with Crippen LogP contribution in [0.2, 0.25) is 0 Å². The molecule has 2 rings (SSSR count). The smallest absolute Gasteiger partial charge is 0.217 e. The maximum atomic E-state index is 11.0. The van der Waals surface area contributed by atoms with Crippen molar-refractivity contribution >= 4 is 28.3 Å². The highest BCUT2D eigenvalue weighted by molar-refractivity contribution is 7.14. The molecule has 8 nitrogen and oxygen atoms in total. The summed E-state index contributed by atoms with van der Waals surface area (Å²) in [5, 5.41) is 16.7. The first kappa shape index (κ1) is 16.8. The molecule has 23 heavy (non-hydrogen) atoms. The SMILES string of the molecule is CC(=O)NCc1cccc(-c2csc(NC(N)=NCCO)n2)n1. The fourth-order valence-corrected chi connectivity index (χ4v) is 2.42. The number of amides is 1. The summed E-state index contributed by atoms with van der Waals surface area (Å²) in [4.78, 5) is 23.7. The Morgan fingerprint density at radius 1 is 1.39 bits per heavy atom. The lowest BCUT2D eigenvalue weighted by Crippen LogP contribution is -2.23. The van der Waals surface area contributed by atoms with Gasteiger partial charge in [-0.2, -0.15) is 0 Å². The first-order valence-electron chi connectivity index (χ1n) is 6.92. The number of thiazole rings is 1. The van der Waals surface area contributed by atoms with Crippen LogP contribution in [0.3, 0.4) is 0 Å². The van der Waals surface area contributed by atoms with E-state index in [9.17, 15) is 4.79 Å². The molecule has 0 spiro atoms. The number of aliphatic imine (C=N–C) groups is 1. The van der Waals surface area contributed by atoms with Crippen LogP contribution in [-0.2, 0) is 11.3 Å². The molecule has 0 saturated carbocycles. The van der Waals surface area contributed by atoms with Gasteiger partial charge >= 0.3 is 0 Å². The lowest BCUT2D eigenvalue weighted by atomic mass is 10.2. The lowest BCUT2D eigenvalue weighted by molar-refractivity contribution is -0.119. The number of nitrogens with two attached hydrogens (primary N) is 1. The molecule has 0 unspecified atom stereocenters. The molecule has 9 heteroatoms. The number of anilines is 1. The number of carbonyl (C=O) groups is 1. The van der Waals surface area contributed by atoms with Crippen molar-refractivity contribution in [1.29, 1.82) is 0 Å². The van der Waals surface area contributed by atoms with E-state index in [2.05, 4.69) is 25.6 Å². The summed E-state index contributed by atoms with van der Waals surface area (Å²) in [6, 6.07) is 5.55. The van der Waals surface area contributed by atoms with E-state index in [1.165, 1.54) is 18.3 Å². The second-order valence-corrected chi connectivity index (χ2v) is 5.44. The third-order valence-corrected chi connectivity index (χ3v) is 3.47. The van der Waals surface area contributed by atoms with E-state index in [1.807, 2.05) is 23.6 Å². The van der Waals surface area contributed by atoms with Crippen LogP contribution in [0.1, 0.15) is 12.6 Å². The maximum absolute atomic E-state index is 11.0. The number of aliphatic hydroxyl groups excluding tert-OH is 1. The van der Waals surface area contributed by atoms with Crippen LogP contribution in [0.4, 0.5) is 5.13 Å². The number of hydrogen-bond donors (Lipinski definition) is 4. The highest BCUT2D eigenvalue weighted by Gasteiger charge is 2.07. The third kappa shape index (κ3) is 5.31. The van der Waals surface area contributed by atoms with Gasteiger partial charge in [0, 0.05) is 12.3 Å². The second-order valence-electron chi connectivity index (χ2n) is 4.58. The number of guanidine groups is 1. The molecule has 0 aromatic carbocycles. The zero-order valence-corrected chi connectivity index (χ0v) is 13.4. The molecule has 2 aromatic rings. The summed E-state index contributed by atoms with van der Waals surface area (Å²) < 4.78 is 0. The monoisotopic (exact) mass is 334 g/mol. The average Bonchev–Trinajstić information content (AvgIpc) is 2.99. The predicted molar refractivity (Wildman–Crippen MR) is 90.1 cm³/mol. The molecule has 0 atom stereocenters. The molecule has 0 bridgehead atoms. The van der Waals surface area contributed by atoms with Gasteiger partial charge in [-0.3, -0.25) is 9.79 Å². The van der Waals surface area contributed by atoms with Gasteiger partial charge < -0.3 is 21.5 Å². The molecule has 2 heterocycles. The Labute approximate surface area is 137 Å². The Kier molecular flexibility index (Phi) is 6.01. The number of carbonyl (C=O) groups excluding carboxylic acids is 1. The molecular formula is C14H18N6O2S. The van der Waals surface area contributed by atoms with Crippen LogP contribution < -0.4 is 16.4 Å². The van der Waals surface area contributed by atoms with E-state index in [-0.39, 0.29) is 25.0 Å². The van der Waals surface area contributed by atoms with Crippen molar-refractivity contribution < 1.29 is 9.90 Å². The first-order chi connectivity index (χ1) is 11.1. The molecule has 0 aliphatic carbocycles. The fourth-order valence-electron chi connectivity index (χ4n) is 1.70. The highest BCUT2D eigenvalue weighted by Crippen LogP contribution is 2.23. The predicted octanol–water partition coefficient (Wildman–Crippen LogP) is 0.560. The number of hydrogen-bond acceptors (Lipinski definition) is 6. The summed E-state index contributed by atoms with van der Waals surface area (Å²) in [7, 11) is 0. The summed E-state index contributed by atoms with van der Waals surface area (Å²) in [5.74, 6) is 0.0994. The Bertz CT molecular complexity index is 700. The molecule has 0 aliphatic rings. The Balaban J connectivity index is 2.08. The number of rotatable bonds is 6. The molecule has 2 aromatic heterocycles. The van der Waals surface area contributed by atoms with Crippen molar-refractivity contribution in [1.82, 2.24) is 15.3 Å². The minimum Gasteiger partial charge on any atom is -0.394 e. The van der Waals surface area contributed by atoms with Crippen molar-refractivity contribution in [3.8, 4) is 11.4 Å². The van der Waals surface area contributed by atoms with E-state index in [1.54, 1.807) is 0 Å². The minimum absolute atomic E-state index is 0.0590. The van der Waals surface area contributed by atoms with Gasteiger partial charge in [0.1, 0.15) is 5.69 Å². The second kappa shape index (κ2) is 8.20. The number of aromatic nitrogens is 2. The van der Waals surface area contributed by atoms with E-state index in [4.69, 9.17) is 10.8 Å². The van der Waals surface area contributed by atoms with Crippen LogP contribution in [-0.4, -0.2) is 40.1 Å². The van der Waals surface area contributed by atoms with Gasteiger partial charge in [-0.05, 0) is 12.1 Å². The Morgan fingerprint density at radius 3 is 2.96 bits per heavy atom. The van der Waals surface area contributed by atoms with Crippen molar-refractivity contribution in [2.75, 3.05) is 18.5 Å². The summed E-state index contributed by atoms with van der Waals surface area (Å²) in [6.45, 7) is 2.02. The first-order valence-corrected chi connectivity index (χ1v) is 7.80. The van der Waals surface area contributed by atoms with Crippen molar-refractivity contribution in [3.63, 3.8) is 0 Å². The van der Waals surface area contributed by atoms with Crippen LogP contribution in [0, 0.1) is 0 Å². The standard InChI is InChI=1S/C14H18N6O2S/c1-9(22)17-7-10-3-2-4-11(18-10)12-8-23-14(19-12)20-13(15)16-5-6-21/h2-4,8,21H,5-7H2,1H3,(H,17,22)(H3,15,16,19,20). The van der Waals surface area contributed by atoms with Gasteiger partial charge in [-0.1, -0.05) is 6.07 Å². The van der Waals surface area contributed by atoms with Gasteiger partial charge in [-0.15, -0.1) is 11.3 Å². The Hall–Kier alpha value is -2.52. The van der Waals surface area contributed by atoms with Gasteiger partial charge in [0.25, 0.3) is 0 Å². The zero-order valence-electron chi connectivity index (χ0n) is 12.6. The number of nitrogens with one attached hydrogen (secondary N) is 2. The largest absolute Gasteiger partial charge is 0.394 e. The van der Waals surface area contributed by atoms with Crippen LogP contribution in [0.25, 0.3) is 11.4 Å². The zero-order chi connectivity index (χ0) is 16.7. The molecule has 0 fully saturated rings. The molecular weight excluding hydrogens is 316 g/mol. The van der Waals surface area contributed by atoms with Crippen molar-refractivity contribution in [2.24, 2.45) is 10.7 Å². The average molecular weight is 334 g/mol. The van der Waals surface area contributed by atoms with Crippen molar-refractivity contribution in [2.45, 2.75) is 13.5 Å². The number of nitrogens with zero attached hydrogens (tertiary/aromatic N) is 3. The highest BCUT2D eigenvalue weighted by atomic mass is 32.1. The van der Waals surface area contributed by atoms with Crippen molar-refractivity contribution in [3.05, 3.63) is 29.3 Å². The Morgan fingerprint density at radius 2 is 2.22 bits per heavy atom. The van der Waals surface area contributed by atoms with Gasteiger partial charge in [0.15, 0.2) is 11.1 Å². The summed E-state index contributed by atoms with van der Waals surface area (Å²) in [6.07, 6.45) is 0. The van der Waals surface area contributed by atoms with Crippen LogP contribution in [0.15, 0.2) is 28.6 Å². The molecule has 0 radical (unpaired) electrons. The molecule has 0 aliphatic heterocycles. The topological polar surface area (TPSA) is 126 Å². The van der Waals surface area contributed by atoms with Gasteiger partial charge in [0.2, 0.25) is 5.91 Å².